The Morgan fingerprint density at radius 3 is 2.67 bits per heavy atom. The Hall–Kier alpha value is -3.03. The highest BCUT2D eigenvalue weighted by Crippen LogP contribution is 2.45. The third-order valence-corrected chi connectivity index (χ3v) is 9.63. The topological polar surface area (TPSA) is 89.6 Å². The molecule has 230 valence electrons. The fraction of sp³-hybridized carbons (Fsp3) is 0.552. The monoisotopic (exact) mass is 624 g/mol. The maximum atomic E-state index is 16.4. The number of hydrogen-bond donors (Lipinski definition) is 1. The Labute approximate surface area is 249 Å². The van der Waals surface area contributed by atoms with Crippen LogP contribution in [-0.4, -0.2) is 76.6 Å². The van der Waals surface area contributed by atoms with Gasteiger partial charge in [0, 0.05) is 49.9 Å². The first kappa shape index (κ1) is 28.7. The van der Waals surface area contributed by atoms with Crippen LogP contribution in [0.4, 0.5) is 33.5 Å². The number of nitrogens with zero attached hydrogens (tertiary/aromatic N) is 5. The second kappa shape index (κ2) is 10.3. The number of fused-ring (bicyclic) bond motifs is 2. The maximum Gasteiger partial charge on any atom is 0.418 e. The van der Waals surface area contributed by atoms with Gasteiger partial charge in [-0.15, -0.1) is 0 Å². The molecule has 43 heavy (non-hydrogen) atoms. The van der Waals surface area contributed by atoms with E-state index < -0.39 is 45.5 Å². The first-order valence-corrected chi connectivity index (χ1v) is 14.8. The van der Waals surface area contributed by atoms with E-state index in [2.05, 4.69) is 19.9 Å². The van der Waals surface area contributed by atoms with Crippen molar-refractivity contribution >= 4 is 34.0 Å². The highest BCUT2D eigenvalue weighted by Gasteiger charge is 2.49. The smallest absolute Gasteiger partial charge is 0.418 e. The van der Waals surface area contributed by atoms with Gasteiger partial charge in [-0.2, -0.15) is 23.1 Å². The number of pyridine rings is 1. The molecule has 3 aromatic rings. The van der Waals surface area contributed by atoms with Crippen molar-refractivity contribution in [1.82, 2.24) is 19.9 Å². The molecule has 3 atom stereocenters. The lowest BCUT2D eigenvalue weighted by Gasteiger charge is -2.48. The number of piperidine rings is 1. The van der Waals surface area contributed by atoms with Crippen molar-refractivity contribution in [2.24, 2.45) is 0 Å². The normalized spacial score (nSPS) is 27.6. The lowest BCUT2D eigenvalue weighted by molar-refractivity contribution is -0.151. The molecule has 2 N–H and O–H groups in total. The molecular formula is C29H30ClF5N6O2. The molecule has 0 radical (unpaired) electrons. The predicted molar refractivity (Wildman–Crippen MR) is 150 cm³/mol. The molecule has 7 rings (SSSR count). The molecule has 4 aliphatic rings. The van der Waals surface area contributed by atoms with Crippen molar-refractivity contribution in [3.8, 4) is 17.3 Å². The number of halogens is 6. The number of nitrogens with two attached hydrogens (primary N) is 1. The van der Waals surface area contributed by atoms with Crippen LogP contribution < -0.4 is 15.4 Å². The largest absolute Gasteiger partial charge is 0.461 e. The van der Waals surface area contributed by atoms with Crippen molar-refractivity contribution in [1.29, 1.82) is 0 Å². The molecule has 2 aromatic heterocycles. The van der Waals surface area contributed by atoms with Gasteiger partial charge in [-0.3, -0.25) is 9.88 Å². The van der Waals surface area contributed by atoms with Crippen LogP contribution in [0.2, 0.25) is 5.02 Å². The summed E-state index contributed by atoms with van der Waals surface area (Å²) in [6.45, 7) is 2.96. The molecule has 4 saturated heterocycles. The summed E-state index contributed by atoms with van der Waals surface area (Å²) in [7, 11) is 0. The Kier molecular flexibility index (Phi) is 6.86. The fourth-order valence-electron chi connectivity index (χ4n) is 7.26. The molecule has 0 saturated carbocycles. The summed E-state index contributed by atoms with van der Waals surface area (Å²) in [5.74, 6) is -0.736. The van der Waals surface area contributed by atoms with Crippen LogP contribution in [0.25, 0.3) is 22.2 Å². The van der Waals surface area contributed by atoms with Gasteiger partial charge in [0.05, 0.1) is 33.7 Å². The third-order valence-electron chi connectivity index (χ3n) is 9.33. The summed E-state index contributed by atoms with van der Waals surface area (Å²) in [6.07, 6.45) is -0.0558. The summed E-state index contributed by atoms with van der Waals surface area (Å²) < 4.78 is 85.0. The number of aromatic nitrogens is 3. The van der Waals surface area contributed by atoms with Crippen molar-refractivity contribution in [3.05, 3.63) is 34.7 Å². The van der Waals surface area contributed by atoms with Gasteiger partial charge in [0.25, 0.3) is 0 Å². The van der Waals surface area contributed by atoms with E-state index >= 15 is 4.39 Å². The van der Waals surface area contributed by atoms with E-state index in [1.165, 1.54) is 6.20 Å². The van der Waals surface area contributed by atoms with Gasteiger partial charge < -0.3 is 20.1 Å². The Morgan fingerprint density at radius 2 is 1.93 bits per heavy atom. The molecule has 1 spiro atoms. The van der Waals surface area contributed by atoms with E-state index in [-0.39, 0.29) is 34.8 Å². The predicted octanol–water partition coefficient (Wildman–Crippen LogP) is 5.80. The van der Waals surface area contributed by atoms with Gasteiger partial charge in [-0.05, 0) is 44.4 Å². The molecule has 0 bridgehead atoms. The van der Waals surface area contributed by atoms with E-state index in [0.717, 1.165) is 50.8 Å². The number of nitrogen functional groups attached to an aromatic ring is 1. The molecule has 4 aliphatic heterocycles. The number of anilines is 2. The SMILES string of the molecule is Nc1cc(Cl)c(C(F)(F)F)c(-c2ncc3c(N4CCCC5(CCO5)C4)nc(OC[C@@]45CCCN4C[C@H](F)C5)nc3c2F)c1. The second-order valence-corrected chi connectivity index (χ2v) is 12.5. The highest BCUT2D eigenvalue weighted by molar-refractivity contribution is 6.32. The molecule has 8 nitrogen and oxygen atoms in total. The average molecular weight is 625 g/mol. The minimum absolute atomic E-state index is 0.0797. The van der Waals surface area contributed by atoms with Gasteiger partial charge in [-0.25, -0.2) is 8.78 Å². The van der Waals surface area contributed by atoms with Gasteiger partial charge >= 0.3 is 12.2 Å². The fourth-order valence-corrected chi connectivity index (χ4v) is 7.59. The van der Waals surface area contributed by atoms with E-state index in [0.29, 0.717) is 38.5 Å². The number of hydrogen-bond acceptors (Lipinski definition) is 8. The van der Waals surface area contributed by atoms with Crippen LogP contribution in [0.5, 0.6) is 6.01 Å². The third kappa shape index (κ3) is 4.93. The van der Waals surface area contributed by atoms with Gasteiger partial charge in [0.1, 0.15) is 29.8 Å². The quantitative estimate of drug-likeness (QED) is 0.282. The van der Waals surface area contributed by atoms with Gasteiger partial charge in [0.15, 0.2) is 5.82 Å². The Morgan fingerprint density at radius 1 is 1.14 bits per heavy atom. The minimum atomic E-state index is -4.90. The van der Waals surface area contributed by atoms with E-state index in [1.54, 1.807) is 0 Å². The number of benzene rings is 1. The van der Waals surface area contributed by atoms with Crippen LogP contribution in [0.15, 0.2) is 18.3 Å². The molecule has 6 heterocycles. The minimum Gasteiger partial charge on any atom is -0.461 e. The molecule has 1 aromatic carbocycles. The maximum absolute atomic E-state index is 16.4. The first-order chi connectivity index (χ1) is 20.5. The lowest BCUT2D eigenvalue weighted by Crippen LogP contribution is -2.56. The number of alkyl halides is 4. The summed E-state index contributed by atoms with van der Waals surface area (Å²) in [5, 5.41) is -0.447. The molecule has 0 aliphatic carbocycles. The van der Waals surface area contributed by atoms with Crippen molar-refractivity contribution < 1.29 is 31.4 Å². The molecular weight excluding hydrogens is 595 g/mol. The zero-order chi connectivity index (χ0) is 30.1. The lowest BCUT2D eigenvalue weighted by atomic mass is 9.86. The second-order valence-electron chi connectivity index (χ2n) is 12.1. The van der Waals surface area contributed by atoms with E-state index in [4.69, 9.17) is 26.8 Å². The van der Waals surface area contributed by atoms with Crippen LogP contribution in [-0.2, 0) is 10.9 Å². The Bertz CT molecular complexity index is 1590. The number of ether oxygens (including phenoxy) is 2. The van der Waals surface area contributed by atoms with Gasteiger partial charge in [-0.1, -0.05) is 11.6 Å². The van der Waals surface area contributed by atoms with Crippen LogP contribution in [0.3, 0.4) is 0 Å². The Balaban J connectivity index is 1.34. The van der Waals surface area contributed by atoms with Gasteiger partial charge in [0.2, 0.25) is 0 Å². The zero-order valence-electron chi connectivity index (χ0n) is 23.2. The van der Waals surface area contributed by atoms with E-state index in [9.17, 15) is 17.6 Å². The number of rotatable bonds is 5. The molecule has 14 heteroatoms. The van der Waals surface area contributed by atoms with Crippen molar-refractivity contribution in [2.45, 2.75) is 62.0 Å². The van der Waals surface area contributed by atoms with Crippen LogP contribution >= 0.6 is 11.6 Å². The zero-order valence-corrected chi connectivity index (χ0v) is 23.9. The van der Waals surface area contributed by atoms with Crippen molar-refractivity contribution in [2.75, 3.05) is 50.0 Å². The summed E-state index contributed by atoms with van der Waals surface area (Å²) in [6, 6.07) is 1.82. The van der Waals surface area contributed by atoms with Crippen LogP contribution in [0, 0.1) is 5.82 Å². The van der Waals surface area contributed by atoms with Crippen LogP contribution in [0.1, 0.15) is 44.1 Å². The first-order valence-electron chi connectivity index (χ1n) is 14.4. The highest BCUT2D eigenvalue weighted by atomic mass is 35.5. The molecule has 0 amide bonds. The standard InChI is InChI=1S/C29H30ClF5N6O2/c30-20-10-17(36)9-18(21(20)29(33,34)35)23-22(32)24-19(12-37-23)25(40-6-2-4-28(14-40)5-8-43-28)39-26(38-24)42-15-27-3-1-7-41(27)13-16(31)11-27/h9-10,12,16H,1-8,11,13-15,36H2/t16-,27+,28?/m1/s1. The molecule has 4 fully saturated rings. The van der Waals surface area contributed by atoms with E-state index in [1.807, 2.05) is 4.90 Å². The summed E-state index contributed by atoms with van der Waals surface area (Å²) in [4.78, 5) is 17.2. The van der Waals surface area contributed by atoms with Crippen molar-refractivity contribution in [3.63, 3.8) is 0 Å². The summed E-state index contributed by atoms with van der Waals surface area (Å²) in [5.41, 5.74) is 2.21. The molecule has 1 unspecified atom stereocenters. The summed E-state index contributed by atoms with van der Waals surface area (Å²) >= 11 is 5.95. The average Bonchev–Trinajstić information content (AvgIpc) is 3.45.